The van der Waals surface area contributed by atoms with Crippen molar-refractivity contribution in [1.29, 1.82) is 0 Å². The number of nitrogens with one attached hydrogen (secondary N) is 3. The molecule has 2 unspecified atom stereocenters. The van der Waals surface area contributed by atoms with Gasteiger partial charge in [-0.2, -0.15) is 0 Å². The molecule has 3 aliphatic rings. The molecule has 0 spiro atoms. The smallest absolute Gasteiger partial charge is 0.267 e. The van der Waals surface area contributed by atoms with Crippen molar-refractivity contribution in [2.75, 3.05) is 19.7 Å². The fourth-order valence-corrected chi connectivity index (χ4v) is 7.17. The quantitative estimate of drug-likeness (QED) is 0.0674. The van der Waals surface area contributed by atoms with Gasteiger partial charge in [-0.1, -0.05) is 64.0 Å². The molecule has 7 heteroatoms. The summed E-state index contributed by atoms with van der Waals surface area (Å²) < 4.78 is 11.9. The molecule has 0 heterocycles. The van der Waals surface area contributed by atoms with Crippen LogP contribution in [0.1, 0.15) is 115 Å². The Morgan fingerprint density at radius 1 is 0.933 bits per heavy atom. The summed E-state index contributed by atoms with van der Waals surface area (Å²) in [6, 6.07) is 8.63. The second-order valence-corrected chi connectivity index (χ2v) is 14.2. The van der Waals surface area contributed by atoms with Crippen molar-refractivity contribution in [2.24, 2.45) is 23.7 Å². The summed E-state index contributed by atoms with van der Waals surface area (Å²) in [5, 5.41) is 7.66. The van der Waals surface area contributed by atoms with Gasteiger partial charge in [0.25, 0.3) is 5.91 Å². The number of benzene rings is 1. The van der Waals surface area contributed by atoms with Crippen LogP contribution in [0.4, 0.5) is 0 Å². The fourth-order valence-electron chi connectivity index (χ4n) is 7.17. The van der Waals surface area contributed by atoms with E-state index in [-0.39, 0.29) is 5.91 Å². The highest BCUT2D eigenvalue weighted by atomic mass is 16.8. The maximum atomic E-state index is 12.1. The van der Waals surface area contributed by atoms with E-state index in [9.17, 15) is 4.79 Å². The van der Waals surface area contributed by atoms with Crippen molar-refractivity contribution < 1.29 is 19.1 Å². The molecule has 4 rings (SSSR count). The Hall–Kier alpha value is -2.19. The molecule has 0 radical (unpaired) electrons. The van der Waals surface area contributed by atoms with Crippen LogP contribution in [0.5, 0.6) is 0 Å². The van der Waals surface area contributed by atoms with Crippen LogP contribution in [0.3, 0.4) is 0 Å². The van der Waals surface area contributed by atoms with Crippen LogP contribution in [0.25, 0.3) is 6.08 Å². The Labute approximate surface area is 273 Å². The van der Waals surface area contributed by atoms with Gasteiger partial charge in [0.2, 0.25) is 0 Å². The lowest BCUT2D eigenvalue weighted by molar-refractivity contribution is -0.180. The predicted octanol–water partition coefficient (Wildman–Crippen LogP) is 7.67. The molecule has 1 aromatic carbocycles. The number of hydroxylamine groups is 1. The first-order valence-electron chi connectivity index (χ1n) is 18.0. The van der Waals surface area contributed by atoms with E-state index in [1.807, 2.05) is 18.2 Å². The lowest BCUT2D eigenvalue weighted by Gasteiger charge is -2.35. The minimum atomic E-state index is -0.490. The van der Waals surface area contributed by atoms with Crippen LogP contribution < -0.4 is 16.1 Å². The van der Waals surface area contributed by atoms with Crippen molar-refractivity contribution in [3.8, 4) is 0 Å². The number of amides is 1. The highest BCUT2D eigenvalue weighted by Crippen LogP contribution is 2.33. The Bertz CT molecular complexity index is 1040. The molecule has 7 nitrogen and oxygen atoms in total. The summed E-state index contributed by atoms with van der Waals surface area (Å²) >= 11 is 0. The second kappa shape index (κ2) is 19.5. The normalized spacial score (nSPS) is 22.9. The van der Waals surface area contributed by atoms with Gasteiger partial charge in [-0.15, -0.1) is 0 Å². The van der Waals surface area contributed by atoms with E-state index in [1.165, 1.54) is 95.1 Å². The third-order valence-electron chi connectivity index (χ3n) is 9.81. The summed E-state index contributed by atoms with van der Waals surface area (Å²) in [5.74, 6) is 3.27. The third-order valence-corrected chi connectivity index (χ3v) is 9.81. The average Bonchev–Trinajstić information content (AvgIpc) is 3.56. The standard InChI is InChI=1S/C38H61N3O4/c1-28(2)27-43-30(4)45-41-37(42)22-21-31-11-10-12-34(23-31)25-39-24-32-17-19-33(20-18-32)26-40-38(35-13-6-5-7-14-35)29(3)44-36-15-8-9-16-36/h10-12,21-23,28,30,32-33,35-36,38-40H,3,5-9,13-20,24-27H2,1-2,4H3,(H,41,42)/b22-21+. The predicted molar refractivity (Wildman–Crippen MR) is 183 cm³/mol. The van der Waals surface area contributed by atoms with Crippen LogP contribution in [0.15, 0.2) is 42.7 Å². The van der Waals surface area contributed by atoms with Gasteiger partial charge in [-0.25, -0.2) is 10.3 Å². The van der Waals surface area contributed by atoms with Crippen LogP contribution in [0, 0.1) is 23.7 Å². The summed E-state index contributed by atoms with van der Waals surface area (Å²) in [6.07, 6.45) is 20.0. The molecule has 0 aromatic heterocycles. The van der Waals surface area contributed by atoms with Crippen LogP contribution >= 0.6 is 0 Å². The highest BCUT2D eigenvalue weighted by Gasteiger charge is 2.30. The van der Waals surface area contributed by atoms with Gasteiger partial charge in [-0.3, -0.25) is 4.79 Å². The first kappa shape index (κ1) is 35.7. The zero-order valence-corrected chi connectivity index (χ0v) is 28.4. The Kier molecular flexibility index (Phi) is 15.4. The Balaban J connectivity index is 1.13. The molecule has 0 aliphatic heterocycles. The molecule has 252 valence electrons. The zero-order chi connectivity index (χ0) is 31.9. The van der Waals surface area contributed by atoms with E-state index in [0.29, 0.717) is 30.6 Å². The number of hydrogen-bond donors (Lipinski definition) is 3. The summed E-state index contributed by atoms with van der Waals surface area (Å²) in [4.78, 5) is 17.4. The van der Waals surface area contributed by atoms with E-state index in [2.05, 4.69) is 48.7 Å². The molecule has 1 amide bonds. The van der Waals surface area contributed by atoms with Crippen molar-refractivity contribution in [2.45, 2.75) is 129 Å². The Morgan fingerprint density at radius 2 is 1.62 bits per heavy atom. The molecular formula is C38H61N3O4. The topological polar surface area (TPSA) is 80.9 Å². The molecule has 3 fully saturated rings. The molecular weight excluding hydrogens is 562 g/mol. The average molecular weight is 624 g/mol. The van der Waals surface area contributed by atoms with E-state index >= 15 is 0 Å². The number of hydrogen-bond acceptors (Lipinski definition) is 6. The van der Waals surface area contributed by atoms with E-state index in [0.717, 1.165) is 42.8 Å². The van der Waals surface area contributed by atoms with Gasteiger partial charge in [0.05, 0.1) is 18.8 Å². The van der Waals surface area contributed by atoms with Crippen molar-refractivity contribution in [3.05, 3.63) is 53.8 Å². The number of carbonyl (C=O) groups is 1. The first-order valence-corrected chi connectivity index (χ1v) is 18.0. The SMILES string of the molecule is C=C(OC1CCCC1)C(NCC1CCC(CNCc2cccc(/C=C/C(=O)NOC(C)OCC(C)C)c2)CC1)C1CCCCC1. The molecule has 3 saturated carbocycles. The minimum absolute atomic E-state index is 0.309. The second-order valence-electron chi connectivity index (χ2n) is 14.2. The maximum Gasteiger partial charge on any atom is 0.267 e. The monoisotopic (exact) mass is 623 g/mol. The van der Waals surface area contributed by atoms with Crippen LogP contribution in [-0.4, -0.2) is 44.0 Å². The van der Waals surface area contributed by atoms with Crippen molar-refractivity contribution in [1.82, 2.24) is 16.1 Å². The fraction of sp³-hybridized carbons (Fsp3) is 0.711. The number of ether oxygens (including phenoxy) is 2. The molecule has 45 heavy (non-hydrogen) atoms. The molecule has 2 atom stereocenters. The van der Waals surface area contributed by atoms with Gasteiger partial charge < -0.3 is 20.1 Å². The number of carbonyl (C=O) groups excluding carboxylic acids is 1. The zero-order valence-electron chi connectivity index (χ0n) is 28.4. The van der Waals surface area contributed by atoms with Gasteiger partial charge in [0, 0.05) is 12.6 Å². The first-order chi connectivity index (χ1) is 21.9. The van der Waals surface area contributed by atoms with Gasteiger partial charge in [0.1, 0.15) is 5.76 Å². The van der Waals surface area contributed by atoms with E-state index < -0.39 is 6.29 Å². The van der Waals surface area contributed by atoms with Gasteiger partial charge in [0.15, 0.2) is 6.29 Å². The Morgan fingerprint density at radius 3 is 2.33 bits per heavy atom. The minimum Gasteiger partial charge on any atom is -0.494 e. The lowest BCUT2D eigenvalue weighted by atomic mass is 9.80. The highest BCUT2D eigenvalue weighted by molar-refractivity contribution is 5.90. The van der Waals surface area contributed by atoms with E-state index in [1.54, 1.807) is 6.92 Å². The lowest BCUT2D eigenvalue weighted by Crippen LogP contribution is -2.43. The van der Waals surface area contributed by atoms with Crippen molar-refractivity contribution >= 4 is 12.0 Å². The van der Waals surface area contributed by atoms with Crippen molar-refractivity contribution in [3.63, 3.8) is 0 Å². The molecule has 1 aromatic rings. The van der Waals surface area contributed by atoms with E-state index in [4.69, 9.17) is 14.3 Å². The van der Waals surface area contributed by atoms with Crippen LogP contribution in [0.2, 0.25) is 0 Å². The third kappa shape index (κ3) is 13.2. The molecule has 3 N–H and O–H groups in total. The molecule has 3 aliphatic carbocycles. The summed E-state index contributed by atoms with van der Waals surface area (Å²) in [6.45, 7) is 13.9. The number of rotatable bonds is 18. The summed E-state index contributed by atoms with van der Waals surface area (Å²) in [7, 11) is 0. The van der Waals surface area contributed by atoms with Gasteiger partial charge >= 0.3 is 0 Å². The largest absolute Gasteiger partial charge is 0.494 e. The van der Waals surface area contributed by atoms with Crippen LogP contribution in [-0.2, 0) is 25.7 Å². The molecule has 0 bridgehead atoms. The molecule has 0 saturated heterocycles. The van der Waals surface area contributed by atoms with Gasteiger partial charge in [-0.05, 0) is 125 Å². The summed E-state index contributed by atoms with van der Waals surface area (Å²) in [5.41, 5.74) is 4.64. The maximum absolute atomic E-state index is 12.1.